The molecular weight excluding hydrogens is 382 g/mol. The monoisotopic (exact) mass is 409 g/mol. The van der Waals surface area contributed by atoms with E-state index in [0.29, 0.717) is 22.0 Å². The number of benzene rings is 2. The summed E-state index contributed by atoms with van der Waals surface area (Å²) in [5.74, 6) is 0.495. The van der Waals surface area contributed by atoms with Crippen LogP contribution in [0.25, 0.3) is 16.6 Å². The van der Waals surface area contributed by atoms with Gasteiger partial charge in [-0.1, -0.05) is 49.9 Å². The molecule has 0 aliphatic carbocycles. The summed E-state index contributed by atoms with van der Waals surface area (Å²) in [6.45, 7) is 10.1. The summed E-state index contributed by atoms with van der Waals surface area (Å²) in [6, 6.07) is 13.4. The molecule has 1 N–H and O–H groups in total. The number of thioether (sulfide) groups is 1. The minimum absolute atomic E-state index is 0.0638. The summed E-state index contributed by atoms with van der Waals surface area (Å²) in [6.07, 6.45) is 0. The number of carbonyl (C=O) groups is 1. The number of nitrogens with one attached hydrogen (secondary N) is 1. The zero-order chi connectivity index (χ0) is 21.1. The van der Waals surface area contributed by atoms with E-state index in [1.807, 2.05) is 57.2 Å². The fourth-order valence-corrected chi connectivity index (χ4v) is 3.79. The molecule has 0 fully saturated rings. The van der Waals surface area contributed by atoms with Gasteiger partial charge in [0.25, 0.3) is 5.56 Å². The average Bonchev–Trinajstić information content (AvgIpc) is 2.68. The molecule has 0 aliphatic rings. The van der Waals surface area contributed by atoms with E-state index in [9.17, 15) is 9.59 Å². The Labute approximate surface area is 175 Å². The van der Waals surface area contributed by atoms with E-state index >= 15 is 0 Å². The number of aromatic nitrogens is 2. The van der Waals surface area contributed by atoms with Crippen LogP contribution in [-0.4, -0.2) is 27.3 Å². The van der Waals surface area contributed by atoms with Gasteiger partial charge in [-0.05, 0) is 56.0 Å². The first kappa shape index (κ1) is 21.1. The smallest absolute Gasteiger partial charge is 0.266 e. The highest BCUT2D eigenvalue weighted by atomic mass is 32.2. The predicted octanol–water partition coefficient (Wildman–Crippen LogP) is 4.26. The summed E-state index contributed by atoms with van der Waals surface area (Å²) in [5.41, 5.74) is 3.35. The number of hydrogen-bond acceptors (Lipinski definition) is 4. The van der Waals surface area contributed by atoms with Crippen molar-refractivity contribution < 1.29 is 4.79 Å². The first-order valence-electron chi connectivity index (χ1n) is 9.79. The Morgan fingerprint density at radius 1 is 1.14 bits per heavy atom. The molecule has 152 valence electrons. The van der Waals surface area contributed by atoms with Crippen LogP contribution in [0.3, 0.4) is 0 Å². The first-order chi connectivity index (χ1) is 13.8. The molecule has 0 radical (unpaired) electrons. The maximum Gasteiger partial charge on any atom is 0.266 e. The summed E-state index contributed by atoms with van der Waals surface area (Å²) < 4.78 is 1.63. The minimum atomic E-state index is -0.122. The van der Waals surface area contributed by atoms with E-state index in [1.165, 1.54) is 11.8 Å². The fraction of sp³-hybridized carbons (Fsp3) is 0.348. The second kappa shape index (κ2) is 8.82. The summed E-state index contributed by atoms with van der Waals surface area (Å²) in [5, 5.41) is 4.09. The van der Waals surface area contributed by atoms with Crippen LogP contribution in [0.2, 0.25) is 0 Å². The third-order valence-electron chi connectivity index (χ3n) is 5.07. The second-order valence-electron chi connectivity index (χ2n) is 7.73. The van der Waals surface area contributed by atoms with Crippen LogP contribution >= 0.6 is 11.8 Å². The van der Waals surface area contributed by atoms with Crippen LogP contribution in [0, 0.1) is 19.8 Å². The van der Waals surface area contributed by atoms with Gasteiger partial charge in [0.2, 0.25) is 5.91 Å². The summed E-state index contributed by atoms with van der Waals surface area (Å²) in [7, 11) is 0. The molecule has 1 atom stereocenters. The van der Waals surface area contributed by atoms with Gasteiger partial charge in [0, 0.05) is 6.04 Å². The zero-order valence-corrected chi connectivity index (χ0v) is 18.3. The van der Waals surface area contributed by atoms with E-state index in [0.717, 1.165) is 16.8 Å². The number of para-hydroxylation sites is 1. The van der Waals surface area contributed by atoms with Gasteiger partial charge in [-0.15, -0.1) is 0 Å². The highest BCUT2D eigenvalue weighted by Gasteiger charge is 2.17. The molecule has 0 spiro atoms. The van der Waals surface area contributed by atoms with Gasteiger partial charge in [-0.2, -0.15) is 0 Å². The number of amides is 1. The Hall–Kier alpha value is -2.60. The second-order valence-corrected chi connectivity index (χ2v) is 8.67. The van der Waals surface area contributed by atoms with Gasteiger partial charge >= 0.3 is 0 Å². The lowest BCUT2D eigenvalue weighted by molar-refractivity contribution is -0.119. The zero-order valence-electron chi connectivity index (χ0n) is 17.5. The van der Waals surface area contributed by atoms with Crippen LogP contribution < -0.4 is 10.9 Å². The van der Waals surface area contributed by atoms with Crippen molar-refractivity contribution in [2.24, 2.45) is 5.92 Å². The Bertz CT molecular complexity index is 1100. The molecule has 1 aromatic heterocycles. The lowest BCUT2D eigenvalue weighted by atomic mass is 10.1. The van der Waals surface area contributed by atoms with Crippen molar-refractivity contribution in [2.75, 3.05) is 5.75 Å². The Morgan fingerprint density at radius 2 is 1.86 bits per heavy atom. The van der Waals surface area contributed by atoms with E-state index in [4.69, 9.17) is 4.98 Å². The molecule has 1 amide bonds. The van der Waals surface area contributed by atoms with Gasteiger partial charge in [-0.25, -0.2) is 4.98 Å². The van der Waals surface area contributed by atoms with Gasteiger partial charge < -0.3 is 5.32 Å². The number of rotatable bonds is 6. The van der Waals surface area contributed by atoms with E-state index in [2.05, 4.69) is 19.2 Å². The number of hydrogen-bond donors (Lipinski definition) is 1. The molecular formula is C23H27N3O2S. The van der Waals surface area contributed by atoms with Crippen molar-refractivity contribution in [3.63, 3.8) is 0 Å². The Morgan fingerprint density at radius 3 is 2.59 bits per heavy atom. The van der Waals surface area contributed by atoms with Crippen molar-refractivity contribution in [1.29, 1.82) is 0 Å². The van der Waals surface area contributed by atoms with Crippen LogP contribution in [0.1, 0.15) is 31.9 Å². The highest BCUT2D eigenvalue weighted by Crippen LogP contribution is 2.24. The van der Waals surface area contributed by atoms with Gasteiger partial charge in [0.05, 0.1) is 22.3 Å². The van der Waals surface area contributed by atoms with Gasteiger partial charge in [0.1, 0.15) is 0 Å². The third kappa shape index (κ3) is 4.70. The topological polar surface area (TPSA) is 64.0 Å². The molecule has 2 aromatic carbocycles. The van der Waals surface area contributed by atoms with Crippen molar-refractivity contribution in [2.45, 2.75) is 45.8 Å². The Kier molecular flexibility index (Phi) is 6.42. The minimum Gasteiger partial charge on any atom is -0.353 e. The molecule has 5 nitrogen and oxygen atoms in total. The lowest BCUT2D eigenvalue weighted by Gasteiger charge is -2.18. The molecule has 0 unspecified atom stereocenters. The van der Waals surface area contributed by atoms with Crippen LogP contribution in [0.4, 0.5) is 0 Å². The molecule has 0 bridgehead atoms. The standard InChI is InChI=1S/C23H27N3O2S/c1-14(2)17(5)24-21(27)13-29-23-25-19-9-7-6-8-18(19)22(28)26(23)20-12-15(3)10-11-16(20)4/h6-12,14,17H,13H2,1-5H3,(H,24,27)/t17-/m1/s1. The van der Waals surface area contributed by atoms with E-state index in [-0.39, 0.29) is 23.3 Å². The molecule has 29 heavy (non-hydrogen) atoms. The fourth-order valence-electron chi connectivity index (χ4n) is 2.97. The van der Waals surface area contributed by atoms with Crippen LogP contribution in [0.5, 0.6) is 0 Å². The van der Waals surface area contributed by atoms with Crippen molar-refractivity contribution in [1.82, 2.24) is 14.9 Å². The van der Waals surface area contributed by atoms with Crippen molar-refractivity contribution >= 4 is 28.6 Å². The maximum atomic E-state index is 13.3. The summed E-state index contributed by atoms with van der Waals surface area (Å²) in [4.78, 5) is 30.5. The number of aryl methyl sites for hydroxylation is 2. The molecule has 3 rings (SSSR count). The van der Waals surface area contributed by atoms with Gasteiger partial charge in [0.15, 0.2) is 5.16 Å². The maximum absolute atomic E-state index is 13.3. The van der Waals surface area contributed by atoms with Crippen molar-refractivity contribution in [3.05, 3.63) is 63.9 Å². The number of nitrogens with zero attached hydrogens (tertiary/aromatic N) is 2. The predicted molar refractivity (Wildman–Crippen MR) is 120 cm³/mol. The molecule has 3 aromatic rings. The molecule has 0 saturated carbocycles. The SMILES string of the molecule is Cc1ccc(C)c(-n2c(SCC(=O)N[C@H](C)C(C)C)nc3ccccc3c2=O)c1. The van der Waals surface area contributed by atoms with Crippen LogP contribution in [0.15, 0.2) is 52.4 Å². The molecule has 6 heteroatoms. The molecule has 1 heterocycles. The molecule has 0 saturated heterocycles. The molecule has 0 aliphatic heterocycles. The summed E-state index contributed by atoms with van der Waals surface area (Å²) >= 11 is 1.29. The van der Waals surface area contributed by atoms with Crippen LogP contribution in [-0.2, 0) is 4.79 Å². The average molecular weight is 410 g/mol. The largest absolute Gasteiger partial charge is 0.353 e. The van der Waals surface area contributed by atoms with Crippen molar-refractivity contribution in [3.8, 4) is 5.69 Å². The Balaban J connectivity index is 2.05. The number of fused-ring (bicyclic) bond motifs is 1. The number of carbonyl (C=O) groups excluding carboxylic acids is 1. The lowest BCUT2D eigenvalue weighted by Crippen LogP contribution is -2.37. The first-order valence-corrected chi connectivity index (χ1v) is 10.8. The van der Waals surface area contributed by atoms with E-state index < -0.39 is 0 Å². The normalized spacial score (nSPS) is 12.3. The third-order valence-corrected chi connectivity index (χ3v) is 6.01. The van der Waals surface area contributed by atoms with Gasteiger partial charge in [-0.3, -0.25) is 14.2 Å². The highest BCUT2D eigenvalue weighted by molar-refractivity contribution is 7.99. The van der Waals surface area contributed by atoms with E-state index in [1.54, 1.807) is 10.6 Å². The quantitative estimate of drug-likeness (QED) is 0.488.